The summed E-state index contributed by atoms with van der Waals surface area (Å²) in [5.41, 5.74) is 0. The van der Waals surface area contributed by atoms with Crippen LogP contribution in [0, 0.1) is 0 Å². The molecule has 0 aliphatic carbocycles. The molecule has 0 spiro atoms. The van der Waals surface area contributed by atoms with E-state index in [1.54, 1.807) is 0 Å². The van der Waals surface area contributed by atoms with Crippen molar-refractivity contribution in [3.8, 4) is 0 Å². The molecule has 8 heteroatoms. The SMILES string of the molecule is CCCCCCCCCCNC(=O)N(C)C(=O)C(O)C(O)C(=O)OCC. The Balaban J connectivity index is 4.03. The van der Waals surface area contributed by atoms with Gasteiger partial charge in [-0.2, -0.15) is 0 Å². The van der Waals surface area contributed by atoms with Crippen molar-refractivity contribution in [2.24, 2.45) is 0 Å². The van der Waals surface area contributed by atoms with E-state index in [0.717, 1.165) is 19.3 Å². The first kappa shape index (κ1) is 24.3. The number of hydrogen-bond donors (Lipinski definition) is 3. The first-order valence-electron chi connectivity index (χ1n) is 9.44. The number of urea groups is 1. The number of hydrogen-bond acceptors (Lipinski definition) is 6. The molecule has 0 aliphatic heterocycles. The maximum absolute atomic E-state index is 11.9. The molecule has 3 amide bonds. The van der Waals surface area contributed by atoms with Gasteiger partial charge in [0, 0.05) is 13.6 Å². The summed E-state index contributed by atoms with van der Waals surface area (Å²) in [5.74, 6) is -2.18. The highest BCUT2D eigenvalue weighted by atomic mass is 16.5. The number of aliphatic hydroxyl groups is 2. The Morgan fingerprint density at radius 3 is 2.00 bits per heavy atom. The van der Waals surface area contributed by atoms with Crippen molar-refractivity contribution in [2.45, 2.75) is 77.4 Å². The molecule has 0 radical (unpaired) electrons. The molecule has 2 atom stereocenters. The minimum absolute atomic E-state index is 0.00569. The number of rotatable bonds is 13. The zero-order valence-electron chi connectivity index (χ0n) is 16.2. The lowest BCUT2D eigenvalue weighted by Crippen LogP contribution is -2.51. The monoisotopic (exact) mass is 374 g/mol. The van der Waals surface area contributed by atoms with Gasteiger partial charge >= 0.3 is 12.0 Å². The van der Waals surface area contributed by atoms with Crippen molar-refractivity contribution >= 4 is 17.9 Å². The van der Waals surface area contributed by atoms with Crippen LogP contribution in [0.2, 0.25) is 0 Å². The van der Waals surface area contributed by atoms with E-state index in [0.29, 0.717) is 11.4 Å². The summed E-state index contributed by atoms with van der Waals surface area (Å²) in [6.07, 6.45) is 5.01. The van der Waals surface area contributed by atoms with Crippen molar-refractivity contribution in [3.63, 3.8) is 0 Å². The lowest BCUT2D eigenvalue weighted by molar-refractivity contribution is -0.165. The van der Waals surface area contributed by atoms with E-state index < -0.39 is 30.1 Å². The zero-order chi connectivity index (χ0) is 19.9. The molecule has 0 aliphatic rings. The Kier molecular flexibility index (Phi) is 13.6. The van der Waals surface area contributed by atoms with Crippen LogP contribution in [-0.2, 0) is 14.3 Å². The second kappa shape index (κ2) is 14.5. The van der Waals surface area contributed by atoms with E-state index in [9.17, 15) is 24.6 Å². The van der Waals surface area contributed by atoms with E-state index in [-0.39, 0.29) is 6.61 Å². The molecule has 0 aromatic rings. The van der Waals surface area contributed by atoms with Gasteiger partial charge in [0.05, 0.1) is 6.61 Å². The van der Waals surface area contributed by atoms with Gasteiger partial charge in [-0.05, 0) is 13.3 Å². The van der Waals surface area contributed by atoms with E-state index in [4.69, 9.17) is 0 Å². The molecular formula is C18H34N2O6. The van der Waals surface area contributed by atoms with Gasteiger partial charge in [0.2, 0.25) is 0 Å². The second-order valence-corrected chi connectivity index (χ2v) is 6.25. The third-order valence-corrected chi connectivity index (χ3v) is 4.02. The topological polar surface area (TPSA) is 116 Å². The number of nitrogens with zero attached hydrogens (tertiary/aromatic N) is 1. The van der Waals surface area contributed by atoms with Crippen molar-refractivity contribution in [1.29, 1.82) is 0 Å². The molecule has 26 heavy (non-hydrogen) atoms. The zero-order valence-corrected chi connectivity index (χ0v) is 16.2. The third-order valence-electron chi connectivity index (χ3n) is 4.02. The van der Waals surface area contributed by atoms with E-state index in [1.165, 1.54) is 46.1 Å². The summed E-state index contributed by atoms with van der Waals surface area (Å²) in [4.78, 5) is 35.8. The molecule has 0 rings (SSSR count). The number of aliphatic hydroxyl groups excluding tert-OH is 2. The Morgan fingerprint density at radius 1 is 0.923 bits per heavy atom. The van der Waals surface area contributed by atoms with Crippen molar-refractivity contribution < 1.29 is 29.3 Å². The molecule has 0 bridgehead atoms. The molecule has 0 fully saturated rings. The molecule has 152 valence electrons. The van der Waals surface area contributed by atoms with Crippen LogP contribution in [0.3, 0.4) is 0 Å². The molecule has 0 heterocycles. The van der Waals surface area contributed by atoms with Crippen LogP contribution in [0.25, 0.3) is 0 Å². The number of amides is 3. The summed E-state index contributed by atoms with van der Waals surface area (Å²) in [6.45, 7) is 4.14. The minimum atomic E-state index is -2.05. The summed E-state index contributed by atoms with van der Waals surface area (Å²) in [7, 11) is 1.17. The lowest BCUT2D eigenvalue weighted by Gasteiger charge is -2.21. The van der Waals surface area contributed by atoms with Crippen molar-refractivity contribution in [3.05, 3.63) is 0 Å². The molecule has 0 aromatic carbocycles. The molecule has 3 N–H and O–H groups in total. The van der Waals surface area contributed by atoms with Crippen LogP contribution in [0.15, 0.2) is 0 Å². The van der Waals surface area contributed by atoms with Crippen LogP contribution < -0.4 is 5.32 Å². The number of carbonyl (C=O) groups is 3. The van der Waals surface area contributed by atoms with Gasteiger partial charge in [-0.25, -0.2) is 9.59 Å². The number of imide groups is 1. The fourth-order valence-electron chi connectivity index (χ4n) is 2.36. The largest absolute Gasteiger partial charge is 0.464 e. The third kappa shape index (κ3) is 9.72. The number of esters is 1. The molecular weight excluding hydrogens is 340 g/mol. The highest BCUT2D eigenvalue weighted by molar-refractivity contribution is 5.98. The maximum atomic E-state index is 11.9. The number of ether oxygens (including phenoxy) is 1. The average molecular weight is 374 g/mol. The predicted molar refractivity (Wildman–Crippen MR) is 97.4 cm³/mol. The van der Waals surface area contributed by atoms with Crippen LogP contribution in [0.1, 0.15) is 65.2 Å². The molecule has 0 aromatic heterocycles. The highest BCUT2D eigenvalue weighted by Crippen LogP contribution is 2.08. The Labute approximate surface area is 155 Å². The van der Waals surface area contributed by atoms with Gasteiger partial charge in [-0.3, -0.25) is 9.69 Å². The Morgan fingerprint density at radius 2 is 1.46 bits per heavy atom. The average Bonchev–Trinajstić information content (AvgIpc) is 2.64. The van der Waals surface area contributed by atoms with E-state index in [1.807, 2.05) is 0 Å². The van der Waals surface area contributed by atoms with Crippen LogP contribution in [0.5, 0.6) is 0 Å². The highest BCUT2D eigenvalue weighted by Gasteiger charge is 2.35. The second-order valence-electron chi connectivity index (χ2n) is 6.25. The van der Waals surface area contributed by atoms with E-state index >= 15 is 0 Å². The summed E-state index contributed by atoms with van der Waals surface area (Å²) >= 11 is 0. The summed E-state index contributed by atoms with van der Waals surface area (Å²) in [6, 6.07) is -0.687. The van der Waals surface area contributed by atoms with Crippen molar-refractivity contribution in [2.75, 3.05) is 20.2 Å². The minimum Gasteiger partial charge on any atom is -0.464 e. The van der Waals surface area contributed by atoms with Crippen LogP contribution in [0.4, 0.5) is 4.79 Å². The number of carbonyl (C=O) groups excluding carboxylic acids is 3. The summed E-state index contributed by atoms with van der Waals surface area (Å²) in [5, 5.41) is 21.9. The molecule has 8 nitrogen and oxygen atoms in total. The van der Waals surface area contributed by atoms with Gasteiger partial charge in [0.25, 0.3) is 5.91 Å². The maximum Gasteiger partial charge on any atom is 0.338 e. The number of unbranched alkanes of at least 4 members (excludes halogenated alkanes) is 7. The number of likely N-dealkylation sites (N-methyl/N-ethyl adjacent to an activating group) is 1. The molecule has 2 unspecified atom stereocenters. The summed E-state index contributed by atoms with van der Waals surface area (Å²) < 4.78 is 4.53. The normalized spacial score (nSPS) is 13.0. The van der Waals surface area contributed by atoms with Gasteiger partial charge < -0.3 is 20.3 Å². The first-order chi connectivity index (χ1) is 12.4. The van der Waals surface area contributed by atoms with Gasteiger partial charge in [-0.15, -0.1) is 0 Å². The molecule has 0 saturated carbocycles. The van der Waals surface area contributed by atoms with Crippen molar-refractivity contribution in [1.82, 2.24) is 10.2 Å². The lowest BCUT2D eigenvalue weighted by atomic mass is 10.1. The fourth-order valence-corrected chi connectivity index (χ4v) is 2.36. The van der Waals surface area contributed by atoms with Gasteiger partial charge in [0.15, 0.2) is 12.2 Å². The quantitative estimate of drug-likeness (QED) is 0.333. The van der Waals surface area contributed by atoms with Crippen LogP contribution in [-0.4, -0.2) is 65.4 Å². The fraction of sp³-hybridized carbons (Fsp3) is 0.833. The Hall–Kier alpha value is -1.67. The first-order valence-corrected chi connectivity index (χ1v) is 9.44. The Bertz CT molecular complexity index is 430. The van der Waals surface area contributed by atoms with Gasteiger partial charge in [-0.1, -0.05) is 51.9 Å². The smallest absolute Gasteiger partial charge is 0.338 e. The van der Waals surface area contributed by atoms with E-state index in [2.05, 4.69) is 17.0 Å². The number of nitrogens with one attached hydrogen (secondary N) is 1. The predicted octanol–water partition coefficient (Wildman–Crippen LogP) is 1.58. The van der Waals surface area contributed by atoms with Crippen LogP contribution >= 0.6 is 0 Å². The van der Waals surface area contributed by atoms with Gasteiger partial charge in [0.1, 0.15) is 0 Å². The molecule has 0 saturated heterocycles. The standard InChI is InChI=1S/C18H34N2O6/c1-4-6-7-8-9-10-11-12-13-19-18(25)20(3)16(23)14(21)15(22)17(24)26-5-2/h14-15,21-22H,4-13H2,1-3H3,(H,19,25).